The van der Waals surface area contributed by atoms with Crippen LogP contribution in [-0.2, 0) is 0 Å². The van der Waals surface area contributed by atoms with Crippen LogP contribution < -0.4 is 4.90 Å². The van der Waals surface area contributed by atoms with Gasteiger partial charge >= 0.3 is 0 Å². The van der Waals surface area contributed by atoms with Crippen molar-refractivity contribution in [2.45, 2.75) is 19.9 Å². The van der Waals surface area contributed by atoms with Crippen LogP contribution >= 0.6 is 34.5 Å². The number of anilines is 1. The Morgan fingerprint density at radius 2 is 1.85 bits per heavy atom. The van der Waals surface area contributed by atoms with E-state index in [-0.39, 0.29) is 11.9 Å². The SMILES string of the molecule is Cc1ccc(N2CCN(C(=O)c3sc4cccc(Cl)c4c3Cl)CC2C)cc1. The maximum atomic E-state index is 13.1. The van der Waals surface area contributed by atoms with Crippen LogP contribution in [0.25, 0.3) is 10.1 Å². The second kappa shape index (κ2) is 7.34. The molecule has 2 heterocycles. The first-order chi connectivity index (χ1) is 13.0. The molecule has 4 rings (SSSR count). The molecule has 1 unspecified atom stereocenters. The summed E-state index contributed by atoms with van der Waals surface area (Å²) in [5, 5.41) is 1.84. The molecule has 0 N–H and O–H groups in total. The predicted octanol–water partition coefficient (Wildman–Crippen LogP) is 5.87. The summed E-state index contributed by atoms with van der Waals surface area (Å²) in [4.78, 5) is 18.0. The van der Waals surface area contributed by atoms with E-state index in [9.17, 15) is 4.79 Å². The maximum absolute atomic E-state index is 13.1. The number of carbonyl (C=O) groups excluding carboxylic acids is 1. The molecule has 1 atom stereocenters. The highest BCUT2D eigenvalue weighted by atomic mass is 35.5. The highest BCUT2D eigenvalue weighted by Crippen LogP contribution is 2.40. The van der Waals surface area contributed by atoms with E-state index in [0.717, 1.165) is 16.6 Å². The van der Waals surface area contributed by atoms with Gasteiger partial charge in [-0.05, 0) is 38.1 Å². The Kier molecular flexibility index (Phi) is 5.06. The summed E-state index contributed by atoms with van der Waals surface area (Å²) in [6.45, 7) is 6.40. The molecule has 1 amide bonds. The minimum atomic E-state index is -0.00678. The van der Waals surface area contributed by atoms with Gasteiger partial charge in [0, 0.05) is 41.4 Å². The van der Waals surface area contributed by atoms with E-state index in [0.29, 0.717) is 28.0 Å². The van der Waals surface area contributed by atoms with Gasteiger partial charge in [-0.1, -0.05) is 47.0 Å². The second-order valence-electron chi connectivity index (χ2n) is 6.99. The first-order valence-corrected chi connectivity index (χ1v) is 10.5. The Morgan fingerprint density at radius 1 is 1.11 bits per heavy atom. The van der Waals surface area contributed by atoms with Crippen molar-refractivity contribution in [1.29, 1.82) is 0 Å². The molecular weight excluding hydrogens is 399 g/mol. The molecule has 1 aliphatic heterocycles. The van der Waals surface area contributed by atoms with Crippen molar-refractivity contribution in [2.24, 2.45) is 0 Å². The average molecular weight is 419 g/mol. The first kappa shape index (κ1) is 18.6. The van der Waals surface area contributed by atoms with Crippen molar-refractivity contribution in [3.05, 3.63) is 63.0 Å². The van der Waals surface area contributed by atoms with E-state index in [1.807, 2.05) is 17.0 Å². The first-order valence-electron chi connectivity index (χ1n) is 8.95. The Bertz CT molecular complexity index is 999. The molecule has 3 aromatic rings. The number of amides is 1. The number of hydrogen-bond donors (Lipinski definition) is 0. The Morgan fingerprint density at radius 3 is 2.52 bits per heavy atom. The molecule has 2 aromatic carbocycles. The Hall–Kier alpha value is -1.75. The van der Waals surface area contributed by atoms with E-state index in [1.54, 1.807) is 6.07 Å². The summed E-state index contributed by atoms with van der Waals surface area (Å²) in [6, 6.07) is 14.4. The number of nitrogens with zero attached hydrogens (tertiary/aromatic N) is 2. The zero-order valence-corrected chi connectivity index (χ0v) is 17.5. The average Bonchev–Trinajstić information content (AvgIpc) is 3.00. The van der Waals surface area contributed by atoms with Gasteiger partial charge in [-0.3, -0.25) is 4.79 Å². The van der Waals surface area contributed by atoms with E-state index in [1.165, 1.54) is 22.6 Å². The van der Waals surface area contributed by atoms with Gasteiger partial charge in [0.15, 0.2) is 0 Å². The van der Waals surface area contributed by atoms with Crippen LogP contribution in [0.15, 0.2) is 42.5 Å². The monoisotopic (exact) mass is 418 g/mol. The van der Waals surface area contributed by atoms with E-state index < -0.39 is 0 Å². The standard InChI is InChI=1S/C21H20Cl2N2OS/c1-13-6-8-15(9-7-13)25-11-10-24(12-14(25)2)21(26)20-19(23)18-16(22)4-3-5-17(18)27-20/h3-9,14H,10-12H2,1-2H3. The third-order valence-corrected chi connectivity index (χ3v) is 7.03. The molecule has 0 aliphatic carbocycles. The predicted molar refractivity (Wildman–Crippen MR) is 116 cm³/mol. The van der Waals surface area contributed by atoms with Gasteiger partial charge in [0.25, 0.3) is 5.91 Å². The topological polar surface area (TPSA) is 23.6 Å². The summed E-state index contributed by atoms with van der Waals surface area (Å²) < 4.78 is 0.946. The number of halogens is 2. The van der Waals surface area contributed by atoms with Crippen molar-refractivity contribution in [2.75, 3.05) is 24.5 Å². The third kappa shape index (κ3) is 3.42. The zero-order chi connectivity index (χ0) is 19.1. The van der Waals surface area contributed by atoms with Gasteiger partial charge in [0.2, 0.25) is 0 Å². The normalized spacial score (nSPS) is 17.6. The fraction of sp³-hybridized carbons (Fsp3) is 0.286. The fourth-order valence-corrected chi connectivity index (χ4v) is 5.53. The molecule has 3 nitrogen and oxygen atoms in total. The molecule has 1 aromatic heterocycles. The molecule has 140 valence electrons. The molecule has 0 radical (unpaired) electrons. The summed E-state index contributed by atoms with van der Waals surface area (Å²) in [5.74, 6) is -0.00678. The van der Waals surface area contributed by atoms with Gasteiger partial charge in [-0.2, -0.15) is 0 Å². The van der Waals surface area contributed by atoms with E-state index in [2.05, 4.69) is 43.0 Å². The van der Waals surface area contributed by atoms with Gasteiger partial charge in [0.05, 0.1) is 10.0 Å². The Labute approximate surface area is 173 Å². The zero-order valence-electron chi connectivity index (χ0n) is 15.2. The molecule has 1 aliphatic rings. The third-order valence-electron chi connectivity index (χ3n) is 5.08. The van der Waals surface area contributed by atoms with Crippen LogP contribution in [0, 0.1) is 6.92 Å². The largest absolute Gasteiger partial charge is 0.365 e. The molecule has 6 heteroatoms. The van der Waals surface area contributed by atoms with Crippen molar-refractivity contribution in [3.8, 4) is 0 Å². The highest BCUT2D eigenvalue weighted by Gasteiger charge is 2.30. The van der Waals surface area contributed by atoms with Crippen LogP contribution in [-0.4, -0.2) is 36.5 Å². The minimum absolute atomic E-state index is 0.00678. The quantitative estimate of drug-likeness (QED) is 0.519. The number of rotatable bonds is 2. The van der Waals surface area contributed by atoms with Gasteiger partial charge < -0.3 is 9.80 Å². The molecule has 0 bridgehead atoms. The molecule has 0 spiro atoms. The van der Waals surface area contributed by atoms with Crippen LogP contribution in [0.5, 0.6) is 0 Å². The lowest BCUT2D eigenvalue weighted by Gasteiger charge is -2.41. The summed E-state index contributed by atoms with van der Waals surface area (Å²) in [6.07, 6.45) is 0. The van der Waals surface area contributed by atoms with Gasteiger partial charge in [-0.15, -0.1) is 11.3 Å². The van der Waals surface area contributed by atoms with Crippen LogP contribution in [0.3, 0.4) is 0 Å². The highest BCUT2D eigenvalue weighted by molar-refractivity contribution is 7.21. The van der Waals surface area contributed by atoms with E-state index >= 15 is 0 Å². The summed E-state index contributed by atoms with van der Waals surface area (Å²) >= 11 is 14.2. The Balaban J connectivity index is 1.55. The molecule has 1 fully saturated rings. The number of thiophene rings is 1. The number of benzene rings is 2. The second-order valence-corrected chi connectivity index (χ2v) is 8.82. The fourth-order valence-electron chi connectivity index (χ4n) is 3.61. The van der Waals surface area contributed by atoms with Gasteiger partial charge in [-0.25, -0.2) is 0 Å². The van der Waals surface area contributed by atoms with Crippen LogP contribution in [0.1, 0.15) is 22.2 Å². The molecule has 27 heavy (non-hydrogen) atoms. The smallest absolute Gasteiger partial charge is 0.265 e. The lowest BCUT2D eigenvalue weighted by Crippen LogP contribution is -2.53. The number of hydrogen-bond acceptors (Lipinski definition) is 3. The summed E-state index contributed by atoms with van der Waals surface area (Å²) in [5.41, 5.74) is 2.45. The van der Waals surface area contributed by atoms with Crippen LogP contribution in [0.2, 0.25) is 10.0 Å². The maximum Gasteiger partial charge on any atom is 0.265 e. The van der Waals surface area contributed by atoms with Gasteiger partial charge in [0.1, 0.15) is 4.88 Å². The number of aryl methyl sites for hydroxylation is 1. The lowest BCUT2D eigenvalue weighted by molar-refractivity contribution is 0.0731. The van der Waals surface area contributed by atoms with Crippen molar-refractivity contribution < 1.29 is 4.79 Å². The number of carbonyl (C=O) groups is 1. The summed E-state index contributed by atoms with van der Waals surface area (Å²) in [7, 11) is 0. The molecule has 0 saturated carbocycles. The number of piperazine rings is 1. The minimum Gasteiger partial charge on any atom is -0.365 e. The van der Waals surface area contributed by atoms with E-state index in [4.69, 9.17) is 23.2 Å². The molecular formula is C21H20Cl2N2OS. The lowest BCUT2D eigenvalue weighted by atomic mass is 10.1. The van der Waals surface area contributed by atoms with Crippen LogP contribution in [0.4, 0.5) is 5.69 Å². The van der Waals surface area contributed by atoms with Crippen molar-refractivity contribution >= 4 is 56.2 Å². The number of fused-ring (bicyclic) bond motifs is 1. The van der Waals surface area contributed by atoms with Crippen molar-refractivity contribution in [3.63, 3.8) is 0 Å². The molecule has 1 saturated heterocycles. The van der Waals surface area contributed by atoms with Crippen molar-refractivity contribution in [1.82, 2.24) is 4.90 Å².